The van der Waals surface area contributed by atoms with Crippen molar-refractivity contribution < 1.29 is 4.79 Å². The van der Waals surface area contributed by atoms with E-state index >= 15 is 0 Å². The molecular weight excluding hydrogens is 370 g/mol. The first kappa shape index (κ1) is 14.6. The molecule has 0 fully saturated rings. The minimum atomic E-state index is -0.203. The smallest absolute Gasteiger partial charge is 0.216 e. The van der Waals surface area contributed by atoms with Gasteiger partial charge in [0.15, 0.2) is 5.65 Å². The van der Waals surface area contributed by atoms with Gasteiger partial charge in [-0.3, -0.25) is 9.78 Å². The van der Waals surface area contributed by atoms with Crippen molar-refractivity contribution in [2.24, 2.45) is 0 Å². The average Bonchev–Trinajstić information content (AvgIpc) is 3.06. The Morgan fingerprint density at radius 2 is 1.88 bits per heavy atom. The van der Waals surface area contributed by atoms with Crippen molar-refractivity contribution in [3.63, 3.8) is 0 Å². The van der Waals surface area contributed by atoms with E-state index in [0.717, 1.165) is 15.9 Å². The lowest BCUT2D eigenvalue weighted by Gasteiger charge is -2.05. The van der Waals surface area contributed by atoms with Crippen LogP contribution in [0, 0.1) is 0 Å². The molecule has 0 aromatic carbocycles. The molecule has 116 valence electrons. The molecule has 0 aliphatic heterocycles. The SMILES string of the molecule is O=C(c1ccccn1)c1cnn2c(-c3ccnc(Br)c3)ccnc12. The number of hydrogen-bond donors (Lipinski definition) is 0. The van der Waals surface area contributed by atoms with Gasteiger partial charge < -0.3 is 0 Å². The predicted molar refractivity (Wildman–Crippen MR) is 91.6 cm³/mol. The Hall–Kier alpha value is -2.93. The van der Waals surface area contributed by atoms with Crippen LogP contribution in [-0.2, 0) is 0 Å². The third-order valence-corrected chi connectivity index (χ3v) is 4.00. The molecule has 0 aliphatic rings. The van der Waals surface area contributed by atoms with Crippen LogP contribution in [0.15, 0.2) is 65.8 Å². The zero-order valence-electron chi connectivity index (χ0n) is 12.3. The third kappa shape index (κ3) is 2.48. The van der Waals surface area contributed by atoms with Crippen LogP contribution in [0.4, 0.5) is 0 Å². The van der Waals surface area contributed by atoms with Gasteiger partial charge in [-0.15, -0.1) is 0 Å². The first-order valence-electron chi connectivity index (χ1n) is 7.14. The van der Waals surface area contributed by atoms with Gasteiger partial charge in [-0.05, 0) is 46.3 Å². The second kappa shape index (κ2) is 5.93. The Morgan fingerprint density at radius 1 is 1.00 bits per heavy atom. The van der Waals surface area contributed by atoms with Gasteiger partial charge in [0.1, 0.15) is 10.3 Å². The Morgan fingerprint density at radius 3 is 2.67 bits per heavy atom. The van der Waals surface area contributed by atoms with E-state index in [2.05, 4.69) is 36.0 Å². The van der Waals surface area contributed by atoms with E-state index in [1.807, 2.05) is 18.2 Å². The summed E-state index contributed by atoms with van der Waals surface area (Å²) in [5.74, 6) is -0.203. The highest BCUT2D eigenvalue weighted by molar-refractivity contribution is 9.10. The summed E-state index contributed by atoms with van der Waals surface area (Å²) in [6.07, 6.45) is 6.48. The molecule has 7 heteroatoms. The molecule has 0 radical (unpaired) electrons. The Bertz CT molecular complexity index is 1050. The van der Waals surface area contributed by atoms with Crippen molar-refractivity contribution in [1.82, 2.24) is 24.6 Å². The lowest BCUT2D eigenvalue weighted by molar-refractivity contribution is 0.103. The second-order valence-corrected chi connectivity index (χ2v) is 5.85. The van der Waals surface area contributed by atoms with Crippen molar-refractivity contribution >= 4 is 27.4 Å². The summed E-state index contributed by atoms with van der Waals surface area (Å²) in [7, 11) is 0. The van der Waals surface area contributed by atoms with Gasteiger partial charge in [0.25, 0.3) is 0 Å². The van der Waals surface area contributed by atoms with Crippen LogP contribution in [0.5, 0.6) is 0 Å². The molecule has 0 saturated carbocycles. The fourth-order valence-electron chi connectivity index (χ4n) is 2.47. The molecule has 0 spiro atoms. The van der Waals surface area contributed by atoms with Gasteiger partial charge in [-0.2, -0.15) is 5.10 Å². The van der Waals surface area contributed by atoms with Gasteiger partial charge in [0, 0.05) is 24.2 Å². The molecule has 0 amide bonds. The number of nitrogens with zero attached hydrogens (tertiary/aromatic N) is 5. The van der Waals surface area contributed by atoms with Crippen LogP contribution in [0.25, 0.3) is 16.9 Å². The first-order valence-corrected chi connectivity index (χ1v) is 7.94. The first-order chi connectivity index (χ1) is 11.7. The zero-order chi connectivity index (χ0) is 16.5. The quantitative estimate of drug-likeness (QED) is 0.403. The second-order valence-electron chi connectivity index (χ2n) is 5.04. The predicted octanol–water partition coefficient (Wildman–Crippen LogP) is 3.18. The highest BCUT2D eigenvalue weighted by atomic mass is 79.9. The number of pyridine rings is 2. The van der Waals surface area contributed by atoms with Gasteiger partial charge in [-0.25, -0.2) is 14.5 Å². The molecule has 0 N–H and O–H groups in total. The number of fused-ring (bicyclic) bond motifs is 1. The number of carbonyl (C=O) groups excluding carboxylic acids is 1. The fraction of sp³-hybridized carbons (Fsp3) is 0. The van der Waals surface area contributed by atoms with Crippen LogP contribution in [0.3, 0.4) is 0 Å². The number of rotatable bonds is 3. The van der Waals surface area contributed by atoms with Crippen LogP contribution >= 0.6 is 15.9 Å². The highest BCUT2D eigenvalue weighted by Gasteiger charge is 2.18. The minimum absolute atomic E-state index is 0.203. The van der Waals surface area contributed by atoms with Crippen molar-refractivity contribution in [2.45, 2.75) is 0 Å². The summed E-state index contributed by atoms with van der Waals surface area (Å²) < 4.78 is 2.37. The number of ketones is 1. The molecule has 0 atom stereocenters. The fourth-order valence-corrected chi connectivity index (χ4v) is 2.83. The average molecular weight is 380 g/mol. The molecule has 4 rings (SSSR count). The monoisotopic (exact) mass is 379 g/mol. The molecule has 4 aromatic heterocycles. The normalized spacial score (nSPS) is 10.9. The van der Waals surface area contributed by atoms with Crippen molar-refractivity contribution in [3.8, 4) is 11.3 Å². The summed E-state index contributed by atoms with van der Waals surface area (Å²) in [6.45, 7) is 0. The van der Waals surface area contributed by atoms with E-state index in [-0.39, 0.29) is 5.78 Å². The van der Waals surface area contributed by atoms with Crippen LogP contribution in [0.1, 0.15) is 16.1 Å². The molecule has 0 bridgehead atoms. The Labute approximate surface area is 145 Å². The molecule has 6 nitrogen and oxygen atoms in total. The third-order valence-electron chi connectivity index (χ3n) is 3.57. The Kier molecular flexibility index (Phi) is 3.62. The number of halogens is 1. The lowest BCUT2D eigenvalue weighted by Crippen LogP contribution is -2.04. The van der Waals surface area contributed by atoms with Crippen molar-refractivity contribution in [2.75, 3.05) is 0 Å². The van der Waals surface area contributed by atoms with Crippen molar-refractivity contribution in [3.05, 3.63) is 77.0 Å². The topological polar surface area (TPSA) is 73.0 Å². The number of aromatic nitrogens is 5. The highest BCUT2D eigenvalue weighted by Crippen LogP contribution is 2.23. The van der Waals surface area contributed by atoms with Crippen LogP contribution < -0.4 is 0 Å². The van der Waals surface area contributed by atoms with Gasteiger partial charge in [-0.1, -0.05) is 6.07 Å². The maximum absolute atomic E-state index is 12.6. The molecular formula is C17H10BrN5O. The molecule has 0 unspecified atom stereocenters. The molecule has 4 heterocycles. The summed E-state index contributed by atoms with van der Waals surface area (Å²) >= 11 is 3.36. The van der Waals surface area contributed by atoms with Crippen LogP contribution in [-0.4, -0.2) is 30.3 Å². The zero-order valence-corrected chi connectivity index (χ0v) is 13.9. The summed E-state index contributed by atoms with van der Waals surface area (Å²) in [6, 6.07) is 10.8. The maximum Gasteiger partial charge on any atom is 0.216 e. The summed E-state index contributed by atoms with van der Waals surface area (Å²) in [5, 5.41) is 4.34. The van der Waals surface area contributed by atoms with E-state index in [1.165, 1.54) is 6.20 Å². The van der Waals surface area contributed by atoms with Gasteiger partial charge in [0.05, 0.1) is 17.5 Å². The van der Waals surface area contributed by atoms with Crippen molar-refractivity contribution in [1.29, 1.82) is 0 Å². The van der Waals surface area contributed by atoms with Gasteiger partial charge >= 0.3 is 0 Å². The largest absolute Gasteiger partial charge is 0.287 e. The minimum Gasteiger partial charge on any atom is -0.287 e. The molecule has 0 saturated heterocycles. The number of hydrogen-bond acceptors (Lipinski definition) is 5. The lowest BCUT2D eigenvalue weighted by atomic mass is 10.1. The summed E-state index contributed by atoms with van der Waals surface area (Å²) in [4.78, 5) is 25.2. The van der Waals surface area contributed by atoms with E-state index in [0.29, 0.717) is 16.9 Å². The van der Waals surface area contributed by atoms with Gasteiger partial charge in [0.2, 0.25) is 5.78 Å². The number of carbonyl (C=O) groups is 1. The molecule has 24 heavy (non-hydrogen) atoms. The summed E-state index contributed by atoms with van der Waals surface area (Å²) in [5.41, 5.74) is 3.03. The molecule has 0 aliphatic carbocycles. The standard InChI is InChI=1S/C17H10BrN5O/c18-15-9-11(4-7-20-15)14-5-8-21-17-12(10-22-23(14)17)16(24)13-3-1-2-6-19-13/h1-10H. The van der Waals surface area contributed by atoms with E-state index in [4.69, 9.17) is 0 Å². The van der Waals surface area contributed by atoms with E-state index in [9.17, 15) is 4.79 Å². The van der Waals surface area contributed by atoms with E-state index < -0.39 is 0 Å². The maximum atomic E-state index is 12.6. The Balaban J connectivity index is 1.87. The van der Waals surface area contributed by atoms with E-state index in [1.54, 1.807) is 41.3 Å². The van der Waals surface area contributed by atoms with Crippen LogP contribution in [0.2, 0.25) is 0 Å². The molecule has 4 aromatic rings.